The van der Waals surface area contributed by atoms with Crippen LogP contribution in [0.5, 0.6) is 11.8 Å². The fourth-order valence-electron chi connectivity index (χ4n) is 3.49. The van der Waals surface area contributed by atoms with E-state index < -0.39 is 0 Å². The third-order valence-corrected chi connectivity index (χ3v) is 5.09. The van der Waals surface area contributed by atoms with Crippen LogP contribution in [0.25, 0.3) is 17.8 Å². The number of hydrogen-bond donors (Lipinski definition) is 2. The molecule has 1 aromatic carbocycles. The molecule has 134 valence electrons. The van der Waals surface area contributed by atoms with E-state index in [0.717, 1.165) is 12.0 Å². The number of cyclic esters (lactones) is 1. The summed E-state index contributed by atoms with van der Waals surface area (Å²) in [7, 11) is 0. The summed E-state index contributed by atoms with van der Waals surface area (Å²) in [6.45, 7) is 1.84. The minimum Gasteiger partial charge on any atom is -0.494 e. The molecule has 5 nitrogen and oxygen atoms in total. The van der Waals surface area contributed by atoms with Crippen molar-refractivity contribution in [2.75, 3.05) is 0 Å². The number of hydrogen-bond acceptors (Lipinski definition) is 4. The number of esters is 1. The van der Waals surface area contributed by atoms with Gasteiger partial charge in [0.15, 0.2) is 0 Å². The number of aromatic nitrogens is 1. The molecule has 1 unspecified atom stereocenters. The minimum absolute atomic E-state index is 0.0109. The van der Waals surface area contributed by atoms with Gasteiger partial charge in [-0.3, -0.25) is 4.57 Å². The molecule has 0 radical (unpaired) electrons. The zero-order valence-corrected chi connectivity index (χ0v) is 15.0. The molecule has 0 saturated carbocycles. The summed E-state index contributed by atoms with van der Waals surface area (Å²) in [6, 6.07) is 5.13. The van der Waals surface area contributed by atoms with Crippen LogP contribution in [-0.4, -0.2) is 26.9 Å². The first-order valence-electron chi connectivity index (χ1n) is 8.49. The van der Waals surface area contributed by atoms with Gasteiger partial charge in [0.2, 0.25) is 11.8 Å². The number of nitrogens with zero attached hydrogens (tertiary/aromatic N) is 1. The van der Waals surface area contributed by atoms with Crippen molar-refractivity contribution in [3.8, 4) is 17.4 Å². The third-order valence-electron chi connectivity index (χ3n) is 4.75. The van der Waals surface area contributed by atoms with E-state index in [-0.39, 0.29) is 23.8 Å². The van der Waals surface area contributed by atoms with E-state index in [4.69, 9.17) is 16.3 Å². The predicted octanol–water partition coefficient (Wildman–Crippen LogP) is 4.22. The highest BCUT2D eigenvalue weighted by molar-refractivity contribution is 6.32. The summed E-state index contributed by atoms with van der Waals surface area (Å²) < 4.78 is 6.55. The number of ether oxygens (including phenoxy) is 1. The molecule has 2 heterocycles. The van der Waals surface area contributed by atoms with Gasteiger partial charge in [0.25, 0.3) is 0 Å². The molecular weight excluding hydrogens is 354 g/mol. The quantitative estimate of drug-likeness (QED) is 0.612. The minimum atomic E-state index is -0.341. The lowest BCUT2D eigenvalue weighted by Crippen LogP contribution is -1.99. The molecule has 0 spiro atoms. The Morgan fingerprint density at radius 1 is 1.31 bits per heavy atom. The number of allylic oxidation sites excluding steroid dienone is 1. The van der Waals surface area contributed by atoms with E-state index in [1.54, 1.807) is 24.3 Å². The number of benzene rings is 1. The van der Waals surface area contributed by atoms with Gasteiger partial charge in [0.1, 0.15) is 6.10 Å². The van der Waals surface area contributed by atoms with Crippen molar-refractivity contribution < 1.29 is 19.7 Å². The zero-order chi connectivity index (χ0) is 18.4. The molecular formula is C20H18ClNO4. The predicted molar refractivity (Wildman–Crippen MR) is 99.6 cm³/mol. The lowest BCUT2D eigenvalue weighted by atomic mass is 10.0. The van der Waals surface area contributed by atoms with Gasteiger partial charge in [0.05, 0.1) is 5.69 Å². The molecule has 1 saturated heterocycles. The number of rotatable bonds is 2. The number of halogens is 1. The molecule has 6 heteroatoms. The Labute approximate surface area is 155 Å². The van der Waals surface area contributed by atoms with E-state index in [9.17, 15) is 15.0 Å². The summed E-state index contributed by atoms with van der Waals surface area (Å²) in [5.74, 6) is -0.328. The lowest BCUT2D eigenvalue weighted by molar-refractivity contribution is -0.138. The number of aromatic hydroxyl groups is 2. The van der Waals surface area contributed by atoms with Crippen molar-refractivity contribution in [3.05, 3.63) is 51.6 Å². The molecule has 4 rings (SSSR count). The number of fused-ring (bicyclic) bond motifs is 1. The van der Waals surface area contributed by atoms with E-state index >= 15 is 0 Å². The van der Waals surface area contributed by atoms with Crippen molar-refractivity contribution in [3.63, 3.8) is 0 Å². The summed E-state index contributed by atoms with van der Waals surface area (Å²) in [6.07, 6.45) is 7.37. The third kappa shape index (κ3) is 2.69. The van der Waals surface area contributed by atoms with E-state index in [1.165, 1.54) is 4.57 Å². The highest BCUT2D eigenvalue weighted by Crippen LogP contribution is 2.41. The van der Waals surface area contributed by atoms with Crippen LogP contribution >= 0.6 is 11.6 Å². The molecule has 0 amide bonds. The number of carbonyl (C=O) groups is 1. The van der Waals surface area contributed by atoms with Gasteiger partial charge in [0, 0.05) is 28.1 Å². The fraction of sp³-hybridized carbons (Fsp3) is 0.250. The second-order valence-corrected chi connectivity index (χ2v) is 7.02. The molecule has 26 heavy (non-hydrogen) atoms. The highest BCUT2D eigenvalue weighted by atomic mass is 35.5. The second kappa shape index (κ2) is 6.25. The molecule has 1 atom stereocenters. The maximum absolute atomic E-state index is 11.9. The van der Waals surface area contributed by atoms with Gasteiger partial charge in [-0.15, -0.1) is 0 Å². The van der Waals surface area contributed by atoms with Crippen molar-refractivity contribution in [2.24, 2.45) is 0 Å². The van der Waals surface area contributed by atoms with Gasteiger partial charge in [-0.2, -0.15) is 0 Å². The van der Waals surface area contributed by atoms with Gasteiger partial charge in [-0.05, 0) is 49.6 Å². The molecule has 2 aliphatic rings. The summed E-state index contributed by atoms with van der Waals surface area (Å²) in [4.78, 5) is 11.9. The first-order valence-corrected chi connectivity index (χ1v) is 8.87. The van der Waals surface area contributed by atoms with Crippen LogP contribution in [0.3, 0.4) is 0 Å². The standard InChI is InChI=1S/C20H18ClNO4/c1-11-8-13(20(25)26-11)9-12-10-14(6-7-17(12)21)22-18(23)15-4-2-3-5-16(15)19(22)24/h2,4,6-7,9-11,23-24H,3,5,8H2,1H3. The van der Waals surface area contributed by atoms with Crippen LogP contribution < -0.4 is 0 Å². The van der Waals surface area contributed by atoms with Crippen LogP contribution in [0.2, 0.25) is 5.02 Å². The normalized spacial score (nSPS) is 20.5. The first-order chi connectivity index (χ1) is 12.5. The number of carbonyl (C=O) groups excluding carboxylic acids is 1. The van der Waals surface area contributed by atoms with E-state index in [0.29, 0.717) is 40.3 Å². The molecule has 2 aromatic rings. The lowest BCUT2D eigenvalue weighted by Gasteiger charge is -2.09. The molecule has 1 fully saturated rings. The Morgan fingerprint density at radius 3 is 2.81 bits per heavy atom. The van der Waals surface area contributed by atoms with Crippen molar-refractivity contribution in [1.29, 1.82) is 0 Å². The Kier molecular flexibility index (Phi) is 4.04. The Bertz CT molecular complexity index is 971. The maximum atomic E-state index is 11.9. The fourth-order valence-corrected chi connectivity index (χ4v) is 3.66. The average molecular weight is 372 g/mol. The smallest absolute Gasteiger partial charge is 0.334 e. The zero-order valence-electron chi connectivity index (χ0n) is 14.2. The summed E-state index contributed by atoms with van der Waals surface area (Å²) in [5.41, 5.74) is 3.12. The average Bonchev–Trinajstić information content (AvgIpc) is 3.07. The van der Waals surface area contributed by atoms with Crippen LogP contribution in [0.4, 0.5) is 0 Å². The molecule has 1 aliphatic heterocycles. The largest absolute Gasteiger partial charge is 0.494 e. The Hall–Kier alpha value is -2.66. The van der Waals surface area contributed by atoms with E-state index in [1.807, 2.05) is 19.1 Å². The summed E-state index contributed by atoms with van der Waals surface area (Å²) >= 11 is 6.28. The van der Waals surface area contributed by atoms with E-state index in [2.05, 4.69) is 0 Å². The maximum Gasteiger partial charge on any atom is 0.334 e. The van der Waals surface area contributed by atoms with Gasteiger partial charge in [-0.1, -0.05) is 23.8 Å². The molecule has 1 aliphatic carbocycles. The van der Waals surface area contributed by atoms with Crippen LogP contribution in [0.1, 0.15) is 36.5 Å². The van der Waals surface area contributed by atoms with Crippen LogP contribution in [-0.2, 0) is 16.0 Å². The van der Waals surface area contributed by atoms with Crippen LogP contribution in [0.15, 0.2) is 29.8 Å². The van der Waals surface area contributed by atoms with Gasteiger partial charge < -0.3 is 14.9 Å². The highest BCUT2D eigenvalue weighted by Gasteiger charge is 2.26. The first kappa shape index (κ1) is 16.8. The second-order valence-electron chi connectivity index (χ2n) is 6.61. The summed E-state index contributed by atoms with van der Waals surface area (Å²) in [5, 5.41) is 21.6. The topological polar surface area (TPSA) is 71.7 Å². The molecule has 0 bridgehead atoms. The van der Waals surface area contributed by atoms with Gasteiger partial charge in [-0.25, -0.2) is 4.79 Å². The van der Waals surface area contributed by atoms with Crippen LogP contribution in [0, 0.1) is 0 Å². The monoisotopic (exact) mass is 371 g/mol. The van der Waals surface area contributed by atoms with Crippen molar-refractivity contribution in [1.82, 2.24) is 4.57 Å². The Balaban J connectivity index is 1.81. The Morgan fingerprint density at radius 2 is 2.12 bits per heavy atom. The molecule has 1 aromatic heterocycles. The molecule has 2 N–H and O–H groups in total. The SMILES string of the molecule is CC1CC(=Cc2cc(-n3c(O)c4c(c3O)CCC=C4)ccc2Cl)C(=O)O1. The van der Waals surface area contributed by atoms with Crippen molar-refractivity contribution >= 4 is 29.7 Å². The van der Waals surface area contributed by atoms with Crippen molar-refractivity contribution in [2.45, 2.75) is 32.3 Å². The van der Waals surface area contributed by atoms with Gasteiger partial charge >= 0.3 is 5.97 Å².